The molecule has 2 aromatic rings. The average molecular weight is 383 g/mol. The van der Waals surface area contributed by atoms with Crippen molar-refractivity contribution in [2.75, 3.05) is 19.7 Å². The summed E-state index contributed by atoms with van der Waals surface area (Å²) in [5.74, 6) is 0.490. The summed E-state index contributed by atoms with van der Waals surface area (Å²) >= 11 is 0. The fourth-order valence-corrected chi connectivity index (χ4v) is 3.18. The number of hydrogen-bond acceptors (Lipinski definition) is 6. The Bertz CT molecular complexity index is 799. The molecule has 0 aliphatic carbocycles. The molecular formula is C20H25N5O3. The molecule has 2 N–H and O–H groups in total. The first-order chi connectivity index (χ1) is 13.7. The van der Waals surface area contributed by atoms with E-state index in [1.807, 2.05) is 36.1 Å². The van der Waals surface area contributed by atoms with Gasteiger partial charge in [-0.1, -0.05) is 18.2 Å². The highest BCUT2D eigenvalue weighted by molar-refractivity contribution is 5.88. The lowest BCUT2D eigenvalue weighted by Crippen LogP contribution is -2.56. The van der Waals surface area contributed by atoms with Crippen LogP contribution >= 0.6 is 0 Å². The lowest BCUT2D eigenvalue weighted by Gasteiger charge is -2.35. The Hall–Kier alpha value is -3.00. The molecule has 28 heavy (non-hydrogen) atoms. The molecule has 1 aromatic carbocycles. The van der Waals surface area contributed by atoms with E-state index < -0.39 is 6.04 Å². The highest BCUT2D eigenvalue weighted by atomic mass is 16.5. The predicted molar refractivity (Wildman–Crippen MR) is 103 cm³/mol. The van der Waals surface area contributed by atoms with Crippen LogP contribution in [-0.2, 0) is 22.7 Å². The van der Waals surface area contributed by atoms with Gasteiger partial charge in [-0.15, -0.1) is 0 Å². The first-order valence-electron chi connectivity index (χ1n) is 9.41. The van der Waals surface area contributed by atoms with Gasteiger partial charge in [0.2, 0.25) is 11.8 Å². The van der Waals surface area contributed by atoms with Crippen molar-refractivity contribution >= 4 is 11.8 Å². The van der Waals surface area contributed by atoms with Crippen molar-refractivity contribution in [3.05, 3.63) is 54.1 Å². The number of para-hydroxylation sites is 1. The maximum absolute atomic E-state index is 12.4. The van der Waals surface area contributed by atoms with Gasteiger partial charge in [0.05, 0.1) is 31.3 Å². The van der Waals surface area contributed by atoms with Crippen LogP contribution in [0.5, 0.6) is 5.75 Å². The second kappa shape index (κ2) is 9.80. The molecule has 1 aliphatic heterocycles. The predicted octanol–water partition coefficient (Wildman–Crippen LogP) is 0.882. The second-order valence-electron chi connectivity index (χ2n) is 6.50. The van der Waals surface area contributed by atoms with Crippen LogP contribution in [0.2, 0.25) is 0 Å². The molecule has 1 atom stereocenters. The van der Waals surface area contributed by atoms with E-state index in [4.69, 9.17) is 4.74 Å². The highest BCUT2D eigenvalue weighted by Crippen LogP contribution is 2.22. The molecule has 1 aromatic heterocycles. The van der Waals surface area contributed by atoms with Gasteiger partial charge in [-0.25, -0.2) is 9.97 Å². The number of rotatable bonds is 8. The third-order valence-corrected chi connectivity index (χ3v) is 4.58. The Morgan fingerprint density at radius 3 is 3.00 bits per heavy atom. The molecular weight excluding hydrogens is 358 g/mol. The van der Waals surface area contributed by atoms with E-state index in [0.29, 0.717) is 32.8 Å². The summed E-state index contributed by atoms with van der Waals surface area (Å²) in [6.07, 6.45) is 3.15. The van der Waals surface area contributed by atoms with Crippen molar-refractivity contribution in [1.82, 2.24) is 25.5 Å². The summed E-state index contributed by atoms with van der Waals surface area (Å²) in [7, 11) is 0. The molecule has 2 heterocycles. The molecule has 1 fully saturated rings. The van der Waals surface area contributed by atoms with Gasteiger partial charge < -0.3 is 15.4 Å². The number of benzene rings is 1. The molecule has 0 bridgehead atoms. The largest absolute Gasteiger partial charge is 0.494 e. The van der Waals surface area contributed by atoms with Crippen molar-refractivity contribution in [1.29, 1.82) is 0 Å². The number of nitrogens with zero attached hydrogens (tertiary/aromatic N) is 3. The van der Waals surface area contributed by atoms with Gasteiger partial charge in [0.15, 0.2) is 0 Å². The zero-order valence-electron chi connectivity index (χ0n) is 15.9. The maximum Gasteiger partial charge on any atom is 0.237 e. The van der Waals surface area contributed by atoms with Gasteiger partial charge in [0, 0.05) is 31.4 Å². The minimum absolute atomic E-state index is 0.0910. The molecule has 1 aliphatic rings. The standard InChI is InChI=1S/C20H25N5O3/c1-2-28-18-6-4-3-5-15(18)13-25-10-9-22-20(27)17(25)11-19(26)23-12-16-7-8-21-14-24-16/h3-8,14,17H,2,9-13H2,1H3,(H,22,27)(H,23,26). The lowest BCUT2D eigenvalue weighted by molar-refractivity contribution is -0.134. The molecule has 1 unspecified atom stereocenters. The van der Waals surface area contributed by atoms with Gasteiger partial charge in [-0.05, 0) is 19.1 Å². The van der Waals surface area contributed by atoms with Gasteiger partial charge in [0.1, 0.15) is 12.1 Å². The van der Waals surface area contributed by atoms with Crippen LogP contribution in [0.15, 0.2) is 42.9 Å². The van der Waals surface area contributed by atoms with Crippen LogP contribution in [0, 0.1) is 0 Å². The number of carbonyl (C=O) groups is 2. The maximum atomic E-state index is 12.4. The minimum atomic E-state index is -0.520. The Balaban J connectivity index is 1.64. The van der Waals surface area contributed by atoms with Crippen molar-refractivity contribution in [3.8, 4) is 5.75 Å². The van der Waals surface area contributed by atoms with E-state index in [0.717, 1.165) is 17.0 Å². The van der Waals surface area contributed by atoms with Crippen LogP contribution in [0.1, 0.15) is 24.6 Å². The first kappa shape index (κ1) is 19.8. The molecule has 8 heteroatoms. The van der Waals surface area contributed by atoms with Crippen molar-refractivity contribution < 1.29 is 14.3 Å². The number of amides is 2. The van der Waals surface area contributed by atoms with Gasteiger partial charge in [-0.3, -0.25) is 14.5 Å². The third kappa shape index (κ3) is 5.26. The van der Waals surface area contributed by atoms with Crippen molar-refractivity contribution in [3.63, 3.8) is 0 Å². The number of piperazine rings is 1. The molecule has 8 nitrogen and oxygen atoms in total. The molecule has 3 rings (SSSR count). The van der Waals surface area contributed by atoms with Crippen LogP contribution in [0.4, 0.5) is 0 Å². The van der Waals surface area contributed by atoms with Gasteiger partial charge in [-0.2, -0.15) is 0 Å². The summed E-state index contributed by atoms with van der Waals surface area (Å²) in [4.78, 5) is 34.8. The Kier molecular flexibility index (Phi) is 6.91. The SMILES string of the molecule is CCOc1ccccc1CN1CCNC(=O)C1CC(=O)NCc1ccncn1. The Morgan fingerprint density at radius 2 is 2.21 bits per heavy atom. The Labute approximate surface area is 164 Å². The fraction of sp³-hybridized carbons (Fsp3) is 0.400. The van der Waals surface area contributed by atoms with Crippen molar-refractivity contribution in [2.45, 2.75) is 32.5 Å². The summed E-state index contributed by atoms with van der Waals surface area (Å²) < 4.78 is 5.69. The van der Waals surface area contributed by atoms with E-state index in [2.05, 4.69) is 20.6 Å². The van der Waals surface area contributed by atoms with Crippen LogP contribution < -0.4 is 15.4 Å². The lowest BCUT2D eigenvalue weighted by atomic mass is 10.1. The van der Waals surface area contributed by atoms with E-state index in [9.17, 15) is 9.59 Å². The molecule has 0 radical (unpaired) electrons. The summed E-state index contributed by atoms with van der Waals surface area (Å²) in [6, 6.07) is 9.01. The summed E-state index contributed by atoms with van der Waals surface area (Å²) in [6.45, 7) is 4.61. The fourth-order valence-electron chi connectivity index (χ4n) is 3.18. The topological polar surface area (TPSA) is 96.5 Å². The molecule has 1 saturated heterocycles. The molecule has 2 amide bonds. The quantitative estimate of drug-likeness (QED) is 0.703. The zero-order valence-corrected chi connectivity index (χ0v) is 15.9. The third-order valence-electron chi connectivity index (χ3n) is 4.58. The zero-order chi connectivity index (χ0) is 19.8. The number of ether oxygens (including phenoxy) is 1. The van der Waals surface area contributed by atoms with Crippen LogP contribution in [-0.4, -0.2) is 52.4 Å². The number of aromatic nitrogens is 2. The molecule has 0 spiro atoms. The average Bonchev–Trinajstić information content (AvgIpc) is 2.71. The van der Waals surface area contributed by atoms with Crippen molar-refractivity contribution in [2.24, 2.45) is 0 Å². The van der Waals surface area contributed by atoms with E-state index in [-0.39, 0.29) is 18.2 Å². The van der Waals surface area contributed by atoms with Crippen LogP contribution in [0.25, 0.3) is 0 Å². The minimum Gasteiger partial charge on any atom is -0.494 e. The monoisotopic (exact) mass is 383 g/mol. The normalized spacial score (nSPS) is 17.0. The number of nitrogens with one attached hydrogen (secondary N) is 2. The van der Waals surface area contributed by atoms with E-state index >= 15 is 0 Å². The van der Waals surface area contributed by atoms with Gasteiger partial charge >= 0.3 is 0 Å². The summed E-state index contributed by atoms with van der Waals surface area (Å²) in [5.41, 5.74) is 1.73. The molecule has 148 valence electrons. The van der Waals surface area contributed by atoms with Gasteiger partial charge in [0.25, 0.3) is 0 Å². The number of carbonyl (C=O) groups excluding carboxylic acids is 2. The first-order valence-corrected chi connectivity index (χ1v) is 9.41. The highest BCUT2D eigenvalue weighted by Gasteiger charge is 2.32. The van der Waals surface area contributed by atoms with E-state index in [1.165, 1.54) is 6.33 Å². The second-order valence-corrected chi connectivity index (χ2v) is 6.50. The smallest absolute Gasteiger partial charge is 0.237 e. The summed E-state index contributed by atoms with van der Waals surface area (Å²) in [5, 5.41) is 5.68. The Morgan fingerprint density at radius 1 is 1.36 bits per heavy atom. The van der Waals surface area contributed by atoms with E-state index in [1.54, 1.807) is 12.3 Å². The molecule has 0 saturated carbocycles. The van der Waals surface area contributed by atoms with Crippen LogP contribution in [0.3, 0.4) is 0 Å². The number of hydrogen-bond donors (Lipinski definition) is 2.